The number of carboxylic acid groups (broad SMARTS) is 1. The van der Waals surface area contributed by atoms with Crippen LogP contribution in [0.5, 0.6) is 0 Å². The lowest BCUT2D eigenvalue weighted by molar-refractivity contribution is -0.138. The standard InChI is InChI=1S/C15H14F3N3O3/c16-15(17,18)7-5-10-3-1-2-4-11(10)14(24)19-12-6-8-21(20-12)9-13(22)23/h1-4,6,8H,5,7,9H2,(H,22,23)(H,19,20,24). The van der Waals surface area contributed by atoms with Crippen LogP contribution in [0.25, 0.3) is 0 Å². The third-order valence-corrected chi connectivity index (χ3v) is 3.12. The predicted octanol–water partition coefficient (Wildman–Crippen LogP) is 2.71. The van der Waals surface area contributed by atoms with Gasteiger partial charge in [-0.05, 0) is 18.1 Å². The van der Waals surface area contributed by atoms with Gasteiger partial charge in [0.1, 0.15) is 6.54 Å². The molecule has 0 aliphatic carbocycles. The number of nitrogens with one attached hydrogen (secondary N) is 1. The van der Waals surface area contributed by atoms with Crippen LogP contribution in [0.2, 0.25) is 0 Å². The van der Waals surface area contributed by atoms with Crippen molar-refractivity contribution in [2.45, 2.75) is 25.6 Å². The first-order valence-electron chi connectivity index (χ1n) is 6.96. The van der Waals surface area contributed by atoms with Gasteiger partial charge < -0.3 is 10.4 Å². The summed E-state index contributed by atoms with van der Waals surface area (Å²) in [5.41, 5.74) is 0.395. The zero-order valence-corrected chi connectivity index (χ0v) is 12.4. The number of hydrogen-bond donors (Lipinski definition) is 2. The highest BCUT2D eigenvalue weighted by Crippen LogP contribution is 2.23. The quantitative estimate of drug-likeness (QED) is 0.846. The van der Waals surface area contributed by atoms with Crippen molar-refractivity contribution >= 4 is 17.7 Å². The van der Waals surface area contributed by atoms with E-state index in [1.165, 1.54) is 24.4 Å². The van der Waals surface area contributed by atoms with E-state index in [1.807, 2.05) is 0 Å². The number of rotatable bonds is 6. The summed E-state index contributed by atoms with van der Waals surface area (Å²) in [7, 11) is 0. The number of nitrogens with zero attached hydrogens (tertiary/aromatic N) is 2. The highest BCUT2D eigenvalue weighted by atomic mass is 19.4. The average molecular weight is 341 g/mol. The summed E-state index contributed by atoms with van der Waals surface area (Å²) in [6.45, 7) is -0.363. The van der Waals surface area contributed by atoms with Crippen molar-refractivity contribution in [3.8, 4) is 0 Å². The van der Waals surface area contributed by atoms with Gasteiger partial charge in [-0.25, -0.2) is 0 Å². The molecule has 1 aromatic heterocycles. The highest BCUT2D eigenvalue weighted by Gasteiger charge is 2.27. The maximum absolute atomic E-state index is 12.4. The minimum Gasteiger partial charge on any atom is -0.480 e. The Kier molecular flexibility index (Phi) is 5.22. The molecule has 0 fully saturated rings. The number of aryl methyl sites for hydroxylation is 1. The first-order valence-corrected chi connectivity index (χ1v) is 6.96. The molecule has 1 heterocycles. The van der Waals surface area contributed by atoms with Gasteiger partial charge >= 0.3 is 12.1 Å². The number of aromatic nitrogens is 2. The molecule has 128 valence electrons. The minimum absolute atomic E-state index is 0.117. The molecule has 0 bridgehead atoms. The van der Waals surface area contributed by atoms with Gasteiger partial charge in [0.2, 0.25) is 0 Å². The van der Waals surface area contributed by atoms with Crippen LogP contribution < -0.4 is 5.32 Å². The predicted molar refractivity (Wildman–Crippen MR) is 78.6 cm³/mol. The number of carboxylic acids is 1. The number of aliphatic carboxylic acids is 1. The second-order valence-corrected chi connectivity index (χ2v) is 5.02. The van der Waals surface area contributed by atoms with Gasteiger partial charge in [-0.3, -0.25) is 14.3 Å². The zero-order valence-electron chi connectivity index (χ0n) is 12.4. The van der Waals surface area contributed by atoms with E-state index >= 15 is 0 Å². The lowest BCUT2D eigenvalue weighted by Gasteiger charge is -2.10. The third kappa shape index (κ3) is 5.11. The Morgan fingerprint density at radius 3 is 2.58 bits per heavy atom. The monoisotopic (exact) mass is 341 g/mol. The summed E-state index contributed by atoms with van der Waals surface area (Å²) in [6, 6.07) is 7.40. The Bertz CT molecular complexity index is 741. The van der Waals surface area contributed by atoms with E-state index in [0.29, 0.717) is 0 Å². The first kappa shape index (κ1) is 17.5. The van der Waals surface area contributed by atoms with Crippen LogP contribution >= 0.6 is 0 Å². The molecule has 9 heteroatoms. The van der Waals surface area contributed by atoms with Gasteiger partial charge in [-0.1, -0.05) is 18.2 Å². The number of carbonyl (C=O) groups excluding carboxylic acids is 1. The second-order valence-electron chi connectivity index (χ2n) is 5.02. The van der Waals surface area contributed by atoms with Crippen molar-refractivity contribution in [2.24, 2.45) is 0 Å². The molecule has 0 atom stereocenters. The SMILES string of the molecule is O=C(O)Cn1ccc(NC(=O)c2ccccc2CCC(F)(F)F)n1. The highest BCUT2D eigenvalue weighted by molar-refractivity contribution is 6.04. The molecule has 2 rings (SSSR count). The van der Waals surface area contributed by atoms with Crippen LogP contribution in [-0.2, 0) is 17.8 Å². The molecular formula is C15H14F3N3O3. The molecule has 1 amide bonds. The van der Waals surface area contributed by atoms with Crippen LogP contribution in [-0.4, -0.2) is 32.9 Å². The fourth-order valence-corrected chi connectivity index (χ4v) is 2.07. The van der Waals surface area contributed by atoms with Crippen LogP contribution in [0.3, 0.4) is 0 Å². The lowest BCUT2D eigenvalue weighted by atomic mass is 10.0. The molecule has 2 aromatic rings. The van der Waals surface area contributed by atoms with E-state index < -0.39 is 24.5 Å². The molecule has 2 N–H and O–H groups in total. The molecule has 0 spiro atoms. The van der Waals surface area contributed by atoms with Gasteiger partial charge in [-0.15, -0.1) is 0 Å². The Morgan fingerprint density at radius 2 is 1.92 bits per heavy atom. The Labute approximate surface area is 134 Å². The summed E-state index contributed by atoms with van der Waals surface area (Å²) in [4.78, 5) is 22.8. The van der Waals surface area contributed by atoms with Gasteiger partial charge in [0, 0.05) is 24.2 Å². The van der Waals surface area contributed by atoms with E-state index in [2.05, 4.69) is 10.4 Å². The number of halogens is 3. The summed E-state index contributed by atoms with van der Waals surface area (Å²) >= 11 is 0. The number of hydrogen-bond acceptors (Lipinski definition) is 3. The Morgan fingerprint density at radius 1 is 1.21 bits per heavy atom. The molecule has 1 aromatic carbocycles. The summed E-state index contributed by atoms with van der Waals surface area (Å²) < 4.78 is 38.2. The van der Waals surface area contributed by atoms with Crippen molar-refractivity contribution in [3.05, 3.63) is 47.7 Å². The van der Waals surface area contributed by atoms with Crippen LogP contribution in [0, 0.1) is 0 Å². The fraction of sp³-hybridized carbons (Fsp3) is 0.267. The van der Waals surface area contributed by atoms with Crippen molar-refractivity contribution in [1.82, 2.24) is 9.78 Å². The molecule has 0 radical (unpaired) electrons. The number of carbonyl (C=O) groups is 2. The van der Waals surface area contributed by atoms with Crippen molar-refractivity contribution in [1.29, 1.82) is 0 Å². The van der Waals surface area contributed by atoms with Crippen molar-refractivity contribution in [3.63, 3.8) is 0 Å². The van der Waals surface area contributed by atoms with E-state index in [1.54, 1.807) is 12.1 Å². The smallest absolute Gasteiger partial charge is 0.389 e. The van der Waals surface area contributed by atoms with Crippen LogP contribution in [0.15, 0.2) is 36.5 Å². The van der Waals surface area contributed by atoms with Crippen LogP contribution in [0.4, 0.5) is 19.0 Å². The zero-order chi connectivity index (χ0) is 17.7. The average Bonchev–Trinajstić information content (AvgIpc) is 2.91. The van der Waals surface area contributed by atoms with Gasteiger partial charge in [0.05, 0.1) is 0 Å². The number of alkyl halides is 3. The molecule has 0 aliphatic rings. The van der Waals surface area contributed by atoms with E-state index in [-0.39, 0.29) is 29.9 Å². The van der Waals surface area contributed by atoms with E-state index in [9.17, 15) is 22.8 Å². The Hall–Kier alpha value is -2.84. The molecule has 0 aliphatic heterocycles. The van der Waals surface area contributed by atoms with Crippen LogP contribution in [0.1, 0.15) is 22.3 Å². The van der Waals surface area contributed by atoms with Crippen molar-refractivity contribution in [2.75, 3.05) is 5.32 Å². The first-order chi connectivity index (χ1) is 11.2. The molecule has 0 unspecified atom stereocenters. The van der Waals surface area contributed by atoms with E-state index in [4.69, 9.17) is 5.11 Å². The summed E-state index contributed by atoms with van der Waals surface area (Å²) in [5.74, 6) is -1.58. The molecular weight excluding hydrogens is 327 g/mol. The molecule has 0 saturated carbocycles. The molecule has 0 saturated heterocycles. The van der Waals surface area contributed by atoms with Gasteiger partial charge in [0.25, 0.3) is 5.91 Å². The van der Waals surface area contributed by atoms with E-state index in [0.717, 1.165) is 4.68 Å². The number of amides is 1. The summed E-state index contributed by atoms with van der Waals surface area (Å²) in [6.07, 6.45) is -4.26. The lowest BCUT2D eigenvalue weighted by Crippen LogP contribution is -2.17. The largest absolute Gasteiger partial charge is 0.480 e. The van der Waals surface area contributed by atoms with Gasteiger partial charge in [-0.2, -0.15) is 18.3 Å². The maximum Gasteiger partial charge on any atom is 0.389 e. The number of benzene rings is 1. The van der Waals surface area contributed by atoms with Gasteiger partial charge in [0.15, 0.2) is 5.82 Å². The topological polar surface area (TPSA) is 84.2 Å². The maximum atomic E-state index is 12.4. The summed E-state index contributed by atoms with van der Waals surface area (Å²) in [5, 5.41) is 15.0. The fourth-order valence-electron chi connectivity index (χ4n) is 2.07. The molecule has 6 nitrogen and oxygen atoms in total. The minimum atomic E-state index is -4.31. The third-order valence-electron chi connectivity index (χ3n) is 3.12. The van der Waals surface area contributed by atoms with Crippen molar-refractivity contribution < 1.29 is 27.9 Å². The second kappa shape index (κ2) is 7.16. The number of anilines is 1. The Balaban J connectivity index is 2.09. The normalized spacial score (nSPS) is 11.3. The molecule has 24 heavy (non-hydrogen) atoms.